The van der Waals surface area contributed by atoms with Crippen LogP contribution in [0.25, 0.3) is 11.0 Å². The van der Waals surface area contributed by atoms with E-state index in [9.17, 15) is 9.59 Å². The lowest BCUT2D eigenvalue weighted by Gasteiger charge is -2.24. The second-order valence-corrected chi connectivity index (χ2v) is 9.63. The molecule has 190 valence electrons. The van der Waals surface area contributed by atoms with Gasteiger partial charge in [0.1, 0.15) is 0 Å². The predicted molar refractivity (Wildman–Crippen MR) is 138 cm³/mol. The van der Waals surface area contributed by atoms with Gasteiger partial charge in [0.2, 0.25) is 11.7 Å². The van der Waals surface area contributed by atoms with Gasteiger partial charge in [-0.05, 0) is 68.4 Å². The van der Waals surface area contributed by atoms with Gasteiger partial charge in [-0.15, -0.1) is 0 Å². The van der Waals surface area contributed by atoms with Crippen LogP contribution in [-0.4, -0.2) is 46.5 Å². The molecular weight excluding hydrogens is 444 g/mol. The molecule has 0 bridgehead atoms. The Morgan fingerprint density at radius 1 is 1.14 bits per heavy atom. The fraction of sp³-hybridized carbons (Fsp3) is 0.519. The molecule has 1 amide bonds. The summed E-state index contributed by atoms with van der Waals surface area (Å²) in [5.74, 6) is 1.75. The molecule has 0 radical (unpaired) electrons. The summed E-state index contributed by atoms with van der Waals surface area (Å²) in [4.78, 5) is 32.0. The number of imidazole rings is 1. The maximum absolute atomic E-state index is 13.5. The summed E-state index contributed by atoms with van der Waals surface area (Å²) in [6.07, 6.45) is 6.00. The number of carbonyl (C=O) groups excluding carboxylic acids is 2. The molecule has 1 aromatic heterocycles. The Morgan fingerprint density at radius 2 is 1.83 bits per heavy atom. The number of carbonyl (C=O) groups is 2. The minimum atomic E-state index is -0.524. The number of ether oxygens (including phenoxy) is 2. The quantitative estimate of drug-likeness (QED) is 0.436. The van der Waals surface area contributed by atoms with Crippen LogP contribution in [0.15, 0.2) is 42.0 Å². The van der Waals surface area contributed by atoms with Crippen molar-refractivity contribution < 1.29 is 19.1 Å². The van der Waals surface area contributed by atoms with Gasteiger partial charge in [0.25, 0.3) is 5.91 Å². The van der Waals surface area contributed by atoms with Crippen LogP contribution < -0.4 is 5.32 Å². The molecule has 35 heavy (non-hydrogen) atoms. The topological polar surface area (TPSA) is 85.7 Å². The van der Waals surface area contributed by atoms with Crippen LogP contribution in [0.1, 0.15) is 64.2 Å². The van der Waals surface area contributed by atoms with Gasteiger partial charge in [0.15, 0.2) is 5.88 Å². The summed E-state index contributed by atoms with van der Waals surface area (Å²) in [7, 11) is 1.32. The van der Waals surface area contributed by atoms with Gasteiger partial charge in [-0.25, -0.2) is 9.78 Å². The highest BCUT2D eigenvalue weighted by Gasteiger charge is 2.21. The van der Waals surface area contributed by atoms with Crippen molar-refractivity contribution in [2.24, 2.45) is 11.8 Å². The van der Waals surface area contributed by atoms with E-state index in [1.165, 1.54) is 7.11 Å². The van der Waals surface area contributed by atoms with Crippen molar-refractivity contribution in [3.05, 3.63) is 47.6 Å². The fourth-order valence-electron chi connectivity index (χ4n) is 3.88. The molecule has 0 aliphatic carbocycles. The Labute approximate surface area is 208 Å². The number of aromatic nitrogens is 2. The average molecular weight is 483 g/mol. The molecule has 2 aromatic rings. The van der Waals surface area contributed by atoms with E-state index in [1.54, 1.807) is 6.08 Å². The first kappa shape index (κ1) is 26.3. The van der Waals surface area contributed by atoms with E-state index in [4.69, 9.17) is 14.5 Å². The molecule has 0 fully saturated rings. The van der Waals surface area contributed by atoms with Gasteiger partial charge < -0.3 is 18.9 Å². The van der Waals surface area contributed by atoms with Gasteiger partial charge in [0, 0.05) is 25.2 Å². The molecular formula is C27H38N4O4. The molecule has 0 saturated heterocycles. The maximum atomic E-state index is 13.5. The normalized spacial score (nSPS) is 13.5. The van der Waals surface area contributed by atoms with E-state index < -0.39 is 5.97 Å². The number of esters is 1. The third kappa shape index (κ3) is 6.65. The molecule has 8 nitrogen and oxygen atoms in total. The van der Waals surface area contributed by atoms with Crippen LogP contribution in [0.4, 0.5) is 5.95 Å². The number of methoxy groups -OCH3 is 1. The molecule has 0 saturated carbocycles. The highest BCUT2D eigenvalue weighted by Crippen LogP contribution is 2.25. The number of allylic oxidation sites excluding steroid dienone is 2. The second-order valence-electron chi connectivity index (χ2n) is 9.63. The van der Waals surface area contributed by atoms with Crippen molar-refractivity contribution in [2.75, 3.05) is 25.5 Å². The van der Waals surface area contributed by atoms with Crippen LogP contribution in [-0.2, 0) is 20.8 Å². The van der Waals surface area contributed by atoms with Crippen LogP contribution in [0, 0.1) is 11.8 Å². The monoisotopic (exact) mass is 482 g/mol. The third-order valence-electron chi connectivity index (χ3n) is 6.00. The van der Waals surface area contributed by atoms with Crippen molar-refractivity contribution in [2.45, 2.75) is 60.4 Å². The molecule has 1 N–H and O–H groups in total. The van der Waals surface area contributed by atoms with Gasteiger partial charge >= 0.3 is 5.97 Å². The Bertz CT molecular complexity index is 1100. The zero-order chi connectivity index (χ0) is 25.5. The van der Waals surface area contributed by atoms with E-state index >= 15 is 0 Å². The largest absolute Gasteiger partial charge is 0.463 e. The minimum absolute atomic E-state index is 0.0535. The number of hydrogen-bond donors (Lipinski definition) is 1. The maximum Gasteiger partial charge on any atom is 0.373 e. The van der Waals surface area contributed by atoms with E-state index in [0.717, 1.165) is 37.0 Å². The van der Waals surface area contributed by atoms with Gasteiger partial charge in [-0.2, -0.15) is 0 Å². The fourth-order valence-corrected chi connectivity index (χ4v) is 3.88. The highest BCUT2D eigenvalue weighted by atomic mass is 16.6. The Balaban J connectivity index is 1.84. The van der Waals surface area contributed by atoms with E-state index in [2.05, 4.69) is 33.0 Å². The number of anilines is 1. The Hall–Kier alpha value is -3.29. The van der Waals surface area contributed by atoms with Gasteiger partial charge in [0.05, 0.1) is 18.1 Å². The third-order valence-corrected chi connectivity index (χ3v) is 6.00. The van der Waals surface area contributed by atoms with Crippen molar-refractivity contribution in [1.82, 2.24) is 14.5 Å². The summed E-state index contributed by atoms with van der Waals surface area (Å²) in [6, 6.07) is 5.67. The highest BCUT2D eigenvalue weighted by molar-refractivity contribution is 5.98. The summed E-state index contributed by atoms with van der Waals surface area (Å²) in [6.45, 7) is 12.9. The Morgan fingerprint density at radius 3 is 2.43 bits per heavy atom. The molecule has 1 aliphatic heterocycles. The number of rotatable bonds is 11. The minimum Gasteiger partial charge on any atom is -0.463 e. The van der Waals surface area contributed by atoms with E-state index in [1.807, 2.05) is 40.7 Å². The molecule has 3 rings (SSSR count). The molecule has 8 heteroatoms. The molecule has 0 spiro atoms. The first-order valence-electron chi connectivity index (χ1n) is 12.5. The smallest absolute Gasteiger partial charge is 0.373 e. The van der Waals surface area contributed by atoms with E-state index in [-0.39, 0.29) is 11.7 Å². The van der Waals surface area contributed by atoms with Crippen LogP contribution in [0.5, 0.6) is 0 Å². The first-order chi connectivity index (χ1) is 16.7. The lowest BCUT2D eigenvalue weighted by molar-refractivity contribution is -0.139. The summed E-state index contributed by atoms with van der Waals surface area (Å²) >= 11 is 0. The average Bonchev–Trinajstić information content (AvgIpc) is 3.18. The van der Waals surface area contributed by atoms with Crippen molar-refractivity contribution >= 4 is 28.9 Å². The summed E-state index contributed by atoms with van der Waals surface area (Å²) < 4.78 is 12.4. The summed E-state index contributed by atoms with van der Waals surface area (Å²) in [5.41, 5.74) is 2.31. The lowest BCUT2D eigenvalue weighted by Crippen LogP contribution is -2.34. The molecule has 0 atom stereocenters. The van der Waals surface area contributed by atoms with Crippen molar-refractivity contribution in [3.8, 4) is 0 Å². The van der Waals surface area contributed by atoms with Gasteiger partial charge in [-0.3, -0.25) is 10.1 Å². The molecule has 2 heterocycles. The van der Waals surface area contributed by atoms with Crippen LogP contribution in [0.2, 0.25) is 0 Å². The lowest BCUT2D eigenvalue weighted by atomic mass is 10.1. The number of amides is 1. The molecule has 0 unspecified atom stereocenters. The number of benzene rings is 1. The second kappa shape index (κ2) is 11.9. The molecule has 1 aromatic carbocycles. The SMILES string of the molecule is CCn1c(NC2=CCC=C(C(=O)OC)O2)nc2ccc(C(=O)N(CCC(C)C)CCC(C)C)cc21. The standard InChI is InChI=1S/C27H38N4O4/c1-7-31-22-17-20(25(32)30(15-13-18(2)3)16-14-19(4)5)11-12-21(22)28-27(31)29-24-10-8-9-23(35-24)26(33)34-6/h9-12,17-19H,7-8,13-16H2,1-6H3,(H,28,29). The molecule has 1 aliphatic rings. The summed E-state index contributed by atoms with van der Waals surface area (Å²) in [5, 5.41) is 3.18. The predicted octanol–water partition coefficient (Wildman–Crippen LogP) is 5.32. The number of nitrogens with zero attached hydrogens (tertiary/aromatic N) is 3. The van der Waals surface area contributed by atoms with E-state index in [0.29, 0.717) is 42.2 Å². The van der Waals surface area contributed by atoms with Crippen molar-refractivity contribution in [3.63, 3.8) is 0 Å². The van der Waals surface area contributed by atoms with Crippen LogP contribution in [0.3, 0.4) is 0 Å². The van der Waals surface area contributed by atoms with Crippen LogP contribution >= 0.6 is 0 Å². The number of nitrogens with one attached hydrogen (secondary N) is 1. The number of aryl methyl sites for hydroxylation is 1. The van der Waals surface area contributed by atoms with Crippen molar-refractivity contribution in [1.29, 1.82) is 0 Å². The number of hydrogen-bond acceptors (Lipinski definition) is 6. The zero-order valence-electron chi connectivity index (χ0n) is 21.8. The first-order valence-corrected chi connectivity index (χ1v) is 12.5. The number of fused-ring (bicyclic) bond motifs is 1. The van der Waals surface area contributed by atoms with Gasteiger partial charge in [-0.1, -0.05) is 27.7 Å². The Kier molecular flexibility index (Phi) is 8.95. The zero-order valence-corrected chi connectivity index (χ0v) is 21.8.